The lowest BCUT2D eigenvalue weighted by atomic mass is 9.96. The highest BCUT2D eigenvalue weighted by molar-refractivity contribution is 7.18. The van der Waals surface area contributed by atoms with Gasteiger partial charge in [-0.2, -0.15) is 0 Å². The minimum absolute atomic E-state index is 0.0938. The number of carbonyl (C=O) groups excluding carboxylic acids is 2. The molecule has 0 atom stereocenters. The highest BCUT2D eigenvalue weighted by Crippen LogP contribution is 2.28. The number of rotatable bonds is 6. The lowest BCUT2D eigenvalue weighted by Crippen LogP contribution is -2.27. The molecule has 0 aliphatic carbocycles. The fourth-order valence-electron chi connectivity index (χ4n) is 2.65. The predicted molar refractivity (Wildman–Crippen MR) is 121 cm³/mol. The summed E-state index contributed by atoms with van der Waals surface area (Å²) in [5, 5.41) is 6.43. The zero-order chi connectivity index (χ0) is 22.6. The molecule has 2 aromatic carbocycles. The van der Waals surface area contributed by atoms with Crippen LogP contribution in [-0.2, 0) is 11.3 Å². The topological polar surface area (TPSA) is 67.4 Å². The van der Waals surface area contributed by atoms with Gasteiger partial charge in [-0.3, -0.25) is 9.59 Å². The third-order valence-electron chi connectivity index (χ3n) is 4.47. The average molecular weight is 441 g/mol. The lowest BCUT2D eigenvalue weighted by Gasteiger charge is -2.16. The molecular weight excluding hydrogens is 415 g/mol. The molecule has 162 valence electrons. The van der Waals surface area contributed by atoms with E-state index < -0.39 is 5.41 Å². The third kappa shape index (κ3) is 6.15. The smallest absolute Gasteiger partial charge is 0.261 e. The molecule has 0 unspecified atom stereocenters. The Balaban J connectivity index is 1.57. The van der Waals surface area contributed by atoms with Crippen LogP contribution in [0.3, 0.4) is 0 Å². The Bertz CT molecular complexity index is 1070. The second-order valence-electron chi connectivity index (χ2n) is 8.21. The van der Waals surface area contributed by atoms with Gasteiger partial charge in [-0.15, -0.1) is 11.3 Å². The van der Waals surface area contributed by atoms with E-state index in [9.17, 15) is 14.0 Å². The molecule has 0 fully saturated rings. The zero-order valence-electron chi connectivity index (χ0n) is 17.9. The van der Waals surface area contributed by atoms with Gasteiger partial charge in [-0.1, -0.05) is 32.9 Å². The summed E-state index contributed by atoms with van der Waals surface area (Å²) in [4.78, 5) is 25.3. The van der Waals surface area contributed by atoms with Crippen molar-refractivity contribution >= 4 is 28.2 Å². The summed E-state index contributed by atoms with van der Waals surface area (Å²) < 4.78 is 18.6. The number of carbonyl (C=O) groups is 2. The van der Waals surface area contributed by atoms with E-state index in [0.717, 1.165) is 11.1 Å². The fourth-order valence-corrected chi connectivity index (χ4v) is 3.63. The Morgan fingerprint density at radius 1 is 1.00 bits per heavy atom. The lowest BCUT2D eigenvalue weighted by molar-refractivity contribution is -0.123. The maximum atomic E-state index is 13.0. The van der Waals surface area contributed by atoms with Crippen LogP contribution < -0.4 is 15.4 Å². The molecular formula is C24H25FN2O3S. The number of thiophene rings is 1. The number of hydrogen-bond acceptors (Lipinski definition) is 4. The first-order valence-electron chi connectivity index (χ1n) is 9.84. The van der Waals surface area contributed by atoms with E-state index in [4.69, 9.17) is 4.74 Å². The van der Waals surface area contributed by atoms with E-state index in [1.165, 1.54) is 23.5 Å². The Kier molecular flexibility index (Phi) is 6.75. The van der Waals surface area contributed by atoms with Crippen molar-refractivity contribution in [2.75, 3.05) is 5.32 Å². The number of amides is 2. The van der Waals surface area contributed by atoms with Crippen molar-refractivity contribution in [1.82, 2.24) is 5.32 Å². The minimum atomic E-state index is -0.507. The first-order valence-corrected chi connectivity index (χ1v) is 10.7. The van der Waals surface area contributed by atoms with Crippen LogP contribution in [0.4, 0.5) is 9.39 Å². The summed E-state index contributed by atoms with van der Waals surface area (Å²) in [6, 6.07) is 14.9. The van der Waals surface area contributed by atoms with Gasteiger partial charge in [0.25, 0.3) is 5.91 Å². The van der Waals surface area contributed by atoms with E-state index in [1.807, 2.05) is 45.9 Å². The van der Waals surface area contributed by atoms with Crippen molar-refractivity contribution in [3.63, 3.8) is 0 Å². The van der Waals surface area contributed by atoms with Crippen molar-refractivity contribution in [2.45, 2.75) is 34.2 Å². The van der Waals surface area contributed by atoms with Crippen molar-refractivity contribution in [2.24, 2.45) is 5.41 Å². The zero-order valence-corrected chi connectivity index (χ0v) is 18.7. The standard InChI is InChI=1S/C24H25FN2O3S/c1-15-13-20(27-23(29)24(2,3)4)31-21(15)22(28)26-14-16-5-9-18(10-6-16)30-19-11-7-17(25)8-12-19/h5-13H,14H2,1-4H3,(H,26,28)(H,27,29). The molecule has 3 rings (SSSR count). The van der Waals surface area contributed by atoms with Gasteiger partial charge in [0, 0.05) is 12.0 Å². The second-order valence-corrected chi connectivity index (χ2v) is 9.26. The van der Waals surface area contributed by atoms with E-state index in [2.05, 4.69) is 10.6 Å². The maximum Gasteiger partial charge on any atom is 0.261 e. The Labute approximate surface area is 185 Å². The van der Waals surface area contributed by atoms with Gasteiger partial charge in [0.2, 0.25) is 5.91 Å². The summed E-state index contributed by atoms with van der Waals surface area (Å²) in [6.45, 7) is 7.72. The highest BCUT2D eigenvalue weighted by atomic mass is 32.1. The molecule has 5 nitrogen and oxygen atoms in total. The van der Waals surface area contributed by atoms with Crippen LogP contribution in [0.15, 0.2) is 54.6 Å². The van der Waals surface area contributed by atoms with Crippen molar-refractivity contribution in [3.8, 4) is 11.5 Å². The predicted octanol–water partition coefficient (Wildman–Crippen LogP) is 5.90. The van der Waals surface area contributed by atoms with Gasteiger partial charge >= 0.3 is 0 Å². The molecule has 3 aromatic rings. The Hall–Kier alpha value is -3.19. The number of hydrogen-bond donors (Lipinski definition) is 2. The number of halogens is 1. The fraction of sp³-hybridized carbons (Fsp3) is 0.250. The number of nitrogens with one attached hydrogen (secondary N) is 2. The quantitative estimate of drug-likeness (QED) is 0.501. The Morgan fingerprint density at radius 3 is 2.16 bits per heavy atom. The molecule has 0 aliphatic heterocycles. The van der Waals surface area contributed by atoms with Gasteiger partial charge < -0.3 is 15.4 Å². The molecule has 0 bridgehead atoms. The van der Waals surface area contributed by atoms with Gasteiger partial charge in [-0.05, 0) is 60.5 Å². The van der Waals surface area contributed by atoms with Crippen LogP contribution in [-0.4, -0.2) is 11.8 Å². The average Bonchev–Trinajstić information content (AvgIpc) is 3.08. The Morgan fingerprint density at radius 2 is 1.58 bits per heavy atom. The summed E-state index contributed by atoms with van der Waals surface area (Å²) >= 11 is 1.26. The molecule has 0 saturated heterocycles. The summed E-state index contributed by atoms with van der Waals surface area (Å²) in [7, 11) is 0. The van der Waals surface area contributed by atoms with Crippen LogP contribution in [0.25, 0.3) is 0 Å². The number of ether oxygens (including phenoxy) is 1. The number of benzene rings is 2. The summed E-state index contributed by atoms with van der Waals surface area (Å²) in [5.74, 6) is 0.567. The molecule has 1 aromatic heterocycles. The SMILES string of the molecule is Cc1cc(NC(=O)C(C)(C)C)sc1C(=O)NCc1ccc(Oc2ccc(F)cc2)cc1. The van der Waals surface area contributed by atoms with Crippen LogP contribution in [0, 0.1) is 18.2 Å². The van der Waals surface area contributed by atoms with Crippen molar-refractivity contribution < 1.29 is 18.7 Å². The first-order chi connectivity index (χ1) is 14.6. The van der Waals surface area contributed by atoms with Gasteiger partial charge in [0.1, 0.15) is 17.3 Å². The van der Waals surface area contributed by atoms with E-state index in [0.29, 0.717) is 27.9 Å². The van der Waals surface area contributed by atoms with Gasteiger partial charge in [0.15, 0.2) is 0 Å². The van der Waals surface area contributed by atoms with E-state index in [1.54, 1.807) is 24.3 Å². The van der Waals surface area contributed by atoms with Crippen LogP contribution in [0.1, 0.15) is 41.6 Å². The number of anilines is 1. The molecule has 0 aliphatic rings. The second kappa shape index (κ2) is 9.31. The summed E-state index contributed by atoms with van der Waals surface area (Å²) in [5.41, 5.74) is 1.22. The number of aryl methyl sites for hydroxylation is 1. The highest BCUT2D eigenvalue weighted by Gasteiger charge is 2.23. The third-order valence-corrected chi connectivity index (χ3v) is 5.62. The molecule has 31 heavy (non-hydrogen) atoms. The van der Waals surface area contributed by atoms with Crippen molar-refractivity contribution in [1.29, 1.82) is 0 Å². The summed E-state index contributed by atoms with van der Waals surface area (Å²) in [6.07, 6.45) is 0. The van der Waals surface area contributed by atoms with Crippen molar-refractivity contribution in [3.05, 3.63) is 76.4 Å². The normalized spacial score (nSPS) is 11.1. The monoisotopic (exact) mass is 440 g/mol. The van der Waals surface area contributed by atoms with Crippen LogP contribution in [0.5, 0.6) is 11.5 Å². The molecule has 0 radical (unpaired) electrons. The van der Waals surface area contributed by atoms with E-state index in [-0.39, 0.29) is 17.6 Å². The molecule has 0 saturated carbocycles. The van der Waals surface area contributed by atoms with Gasteiger partial charge in [0.05, 0.1) is 9.88 Å². The van der Waals surface area contributed by atoms with Crippen LogP contribution in [0.2, 0.25) is 0 Å². The van der Waals surface area contributed by atoms with E-state index >= 15 is 0 Å². The minimum Gasteiger partial charge on any atom is -0.457 e. The van der Waals surface area contributed by atoms with Crippen LogP contribution >= 0.6 is 11.3 Å². The molecule has 0 spiro atoms. The van der Waals surface area contributed by atoms with Gasteiger partial charge in [-0.25, -0.2) is 4.39 Å². The molecule has 2 N–H and O–H groups in total. The molecule has 7 heteroatoms. The largest absolute Gasteiger partial charge is 0.457 e. The first kappa shape index (κ1) is 22.5. The molecule has 2 amide bonds. The maximum absolute atomic E-state index is 13.0. The molecule has 1 heterocycles.